The number of benzene rings is 1. The van der Waals surface area contributed by atoms with Crippen molar-refractivity contribution in [1.82, 2.24) is 5.32 Å². The summed E-state index contributed by atoms with van der Waals surface area (Å²) in [5.41, 5.74) is -5.92. The van der Waals surface area contributed by atoms with Crippen LogP contribution in [-0.4, -0.2) is 119 Å². The van der Waals surface area contributed by atoms with Gasteiger partial charge in [0.05, 0.1) is 43.0 Å². The van der Waals surface area contributed by atoms with Gasteiger partial charge >= 0.3 is 24.0 Å². The highest BCUT2D eigenvalue weighted by atomic mass is 16.7. The van der Waals surface area contributed by atoms with Crippen LogP contribution in [0.25, 0.3) is 0 Å². The highest BCUT2D eigenvalue weighted by Crippen LogP contribution is 2.69. The molecule has 1 aromatic carbocycles. The monoisotopic (exact) mass is 845 g/mol. The Balaban J connectivity index is 1.50. The van der Waals surface area contributed by atoms with Crippen molar-refractivity contribution >= 4 is 24.0 Å². The number of hydrogen-bond acceptors (Lipinski definition) is 15. The number of amides is 1. The van der Waals surface area contributed by atoms with E-state index in [1.54, 1.807) is 59.1 Å². The molecule has 0 aromatic heterocycles. The smallest absolute Gasteiger partial charge is 0.407 e. The molecule has 60 heavy (non-hydrogen) atoms. The molecule has 334 valence electrons. The number of carbonyl (C=O) groups excluding carboxylic acids is 4. The molecule has 5 aliphatic rings. The minimum Gasteiger partial charge on any atom is -0.497 e. The van der Waals surface area contributed by atoms with E-state index in [1.165, 1.54) is 27.7 Å². The number of aliphatic hydroxyl groups is 3. The standard InChI is InChI=1S/C44H63NO15/c1-21(2)17-27(45-39(51)60-40(6,7)8)32(48)37(50)56-28-19-43(41(9,10)52)31(22(28)3)33(55-23(4)46)36-42(11)29(57-38(58-36)25-13-15-26(53-12)16-14-25)18-30-44(20-54-30,59-24(5)47)34(42)35(43)49/h13-16,21,27-30,32-36,38,48-49,52H,17-20H2,1-12H3,(H,45,51)/t27-,28-,29-,30+,32+,33-,34-,35-,36-,38?,42+,43-,44-/m0/s1. The normalized spacial score (nSPS) is 35.7. The molecule has 2 saturated heterocycles. The largest absolute Gasteiger partial charge is 0.497 e. The molecule has 16 heteroatoms. The fourth-order valence-corrected chi connectivity index (χ4v) is 10.7. The third kappa shape index (κ3) is 7.80. The second kappa shape index (κ2) is 16.2. The van der Waals surface area contributed by atoms with Crippen molar-refractivity contribution in [2.75, 3.05) is 13.7 Å². The molecule has 16 nitrogen and oxygen atoms in total. The number of carbonyl (C=O) groups is 4. The Morgan fingerprint density at radius 3 is 2.15 bits per heavy atom. The molecule has 1 aromatic rings. The van der Waals surface area contributed by atoms with E-state index in [4.69, 9.17) is 37.9 Å². The van der Waals surface area contributed by atoms with Crippen LogP contribution >= 0.6 is 0 Å². The van der Waals surface area contributed by atoms with Crippen LogP contribution in [0.15, 0.2) is 35.4 Å². The Labute approximate surface area is 351 Å². The third-order valence-electron chi connectivity index (χ3n) is 13.2. The molecular formula is C44H63NO15. The summed E-state index contributed by atoms with van der Waals surface area (Å²) in [5, 5.41) is 40.0. The molecule has 1 amide bonds. The van der Waals surface area contributed by atoms with E-state index in [0.717, 1.165) is 0 Å². The molecule has 6 rings (SSSR count). The van der Waals surface area contributed by atoms with Crippen molar-refractivity contribution in [3.63, 3.8) is 0 Å². The molecule has 13 atom stereocenters. The fourth-order valence-electron chi connectivity index (χ4n) is 10.7. The zero-order valence-corrected chi connectivity index (χ0v) is 36.7. The first-order valence-corrected chi connectivity index (χ1v) is 20.7. The second-order valence-electron chi connectivity index (χ2n) is 19.3. The van der Waals surface area contributed by atoms with Gasteiger partial charge in [-0.15, -0.1) is 0 Å². The summed E-state index contributed by atoms with van der Waals surface area (Å²) in [6, 6.07) is 5.99. The van der Waals surface area contributed by atoms with Gasteiger partial charge in [0.15, 0.2) is 24.1 Å². The molecule has 0 bridgehead atoms. The summed E-state index contributed by atoms with van der Waals surface area (Å²) in [6.45, 7) is 17.8. The molecular weight excluding hydrogens is 782 g/mol. The molecule has 3 aliphatic carbocycles. The van der Waals surface area contributed by atoms with Crippen LogP contribution in [-0.2, 0) is 47.5 Å². The number of methoxy groups -OCH3 is 1. The van der Waals surface area contributed by atoms with E-state index in [2.05, 4.69) is 5.32 Å². The minimum atomic E-state index is -1.85. The molecule has 0 spiro atoms. The van der Waals surface area contributed by atoms with Crippen LogP contribution < -0.4 is 10.1 Å². The molecule has 2 aliphatic heterocycles. The predicted octanol–water partition coefficient (Wildman–Crippen LogP) is 4.20. The van der Waals surface area contributed by atoms with Crippen molar-refractivity contribution in [3.05, 3.63) is 41.0 Å². The van der Waals surface area contributed by atoms with Crippen molar-refractivity contribution in [2.45, 2.75) is 167 Å². The number of aliphatic hydroxyl groups excluding tert-OH is 2. The second-order valence-corrected chi connectivity index (χ2v) is 19.3. The van der Waals surface area contributed by atoms with E-state index in [-0.39, 0.29) is 37.4 Å². The third-order valence-corrected chi connectivity index (χ3v) is 13.2. The summed E-state index contributed by atoms with van der Waals surface area (Å²) in [6.07, 6.45) is -10.2. The summed E-state index contributed by atoms with van der Waals surface area (Å²) >= 11 is 0. The first-order valence-electron chi connectivity index (χ1n) is 20.7. The first-order chi connectivity index (χ1) is 27.8. The lowest BCUT2D eigenvalue weighted by atomic mass is 9.49. The van der Waals surface area contributed by atoms with Crippen molar-refractivity contribution in [3.8, 4) is 5.75 Å². The average Bonchev–Trinajstić information content (AvgIpc) is 3.39. The van der Waals surface area contributed by atoms with Gasteiger partial charge in [0.2, 0.25) is 0 Å². The van der Waals surface area contributed by atoms with Gasteiger partial charge in [-0.3, -0.25) is 9.59 Å². The van der Waals surface area contributed by atoms with Gasteiger partial charge < -0.3 is 58.5 Å². The lowest BCUT2D eigenvalue weighted by Crippen LogP contribution is -2.79. The Bertz CT molecular complexity index is 1850. The lowest BCUT2D eigenvalue weighted by Gasteiger charge is -2.67. The van der Waals surface area contributed by atoms with Crippen LogP contribution in [0.4, 0.5) is 4.79 Å². The van der Waals surface area contributed by atoms with E-state index in [1.807, 2.05) is 20.8 Å². The Kier molecular flexibility index (Phi) is 12.3. The maximum atomic E-state index is 14.1. The van der Waals surface area contributed by atoms with E-state index < -0.39 is 113 Å². The molecule has 4 fully saturated rings. The maximum Gasteiger partial charge on any atom is 0.407 e. The SMILES string of the molecule is COc1ccc(C2O[C@H]3C[C@H]4OC[C@@]4(OC(C)=O)[C@H]4[C@H](O)[C@]5(C(C)(C)O)C[C@H](OC(=O)[C@H](O)[C@H](CC(C)C)NC(=O)OC(C)(C)C)C(C)=C5[C@H](OC(C)=O)[C@H](O2)[C@]34C)cc1. The van der Waals surface area contributed by atoms with Crippen LogP contribution in [0.1, 0.15) is 107 Å². The zero-order chi connectivity index (χ0) is 44.5. The summed E-state index contributed by atoms with van der Waals surface area (Å²) in [7, 11) is 1.55. The molecule has 0 radical (unpaired) electrons. The topological polar surface area (TPSA) is 215 Å². The lowest BCUT2D eigenvalue weighted by molar-refractivity contribution is -0.401. The van der Waals surface area contributed by atoms with Crippen molar-refractivity contribution in [2.24, 2.45) is 22.7 Å². The highest BCUT2D eigenvalue weighted by Gasteiger charge is 2.80. The van der Waals surface area contributed by atoms with Crippen molar-refractivity contribution < 1.29 is 72.4 Å². The number of ether oxygens (including phenoxy) is 8. The summed E-state index contributed by atoms with van der Waals surface area (Å²) < 4.78 is 49.3. The number of hydrogen-bond donors (Lipinski definition) is 4. The van der Waals surface area contributed by atoms with Gasteiger partial charge in [-0.1, -0.05) is 32.9 Å². The quantitative estimate of drug-likeness (QED) is 0.140. The zero-order valence-electron chi connectivity index (χ0n) is 36.7. The van der Waals surface area contributed by atoms with Gasteiger partial charge in [-0.05, 0) is 77.2 Å². The van der Waals surface area contributed by atoms with E-state index in [9.17, 15) is 34.5 Å². The first kappa shape index (κ1) is 45.7. The number of fused-ring (bicyclic) bond motifs is 3. The minimum absolute atomic E-state index is 0.0638. The molecule has 4 N–H and O–H groups in total. The molecule has 1 unspecified atom stereocenters. The number of esters is 3. The number of alkyl carbamates (subject to hydrolysis) is 1. The Morgan fingerprint density at radius 2 is 1.63 bits per heavy atom. The maximum absolute atomic E-state index is 14.1. The predicted molar refractivity (Wildman–Crippen MR) is 212 cm³/mol. The van der Waals surface area contributed by atoms with Gasteiger partial charge in [-0.25, -0.2) is 9.59 Å². The van der Waals surface area contributed by atoms with Crippen LogP contribution in [0.3, 0.4) is 0 Å². The Morgan fingerprint density at radius 1 is 0.983 bits per heavy atom. The van der Waals surface area contributed by atoms with Gasteiger partial charge in [0.1, 0.15) is 29.7 Å². The van der Waals surface area contributed by atoms with E-state index in [0.29, 0.717) is 16.9 Å². The summed E-state index contributed by atoms with van der Waals surface area (Å²) in [5.74, 6) is -2.91. The van der Waals surface area contributed by atoms with Gasteiger partial charge in [0, 0.05) is 43.6 Å². The molecule has 2 heterocycles. The average molecular weight is 846 g/mol. The van der Waals surface area contributed by atoms with E-state index >= 15 is 0 Å². The number of nitrogens with one attached hydrogen (secondary N) is 1. The van der Waals surface area contributed by atoms with Gasteiger partial charge in [-0.2, -0.15) is 0 Å². The van der Waals surface area contributed by atoms with Crippen LogP contribution in [0.2, 0.25) is 0 Å². The van der Waals surface area contributed by atoms with Crippen molar-refractivity contribution in [1.29, 1.82) is 0 Å². The van der Waals surface area contributed by atoms with Crippen LogP contribution in [0, 0.1) is 22.7 Å². The fraction of sp³-hybridized carbons (Fsp3) is 0.727. The summed E-state index contributed by atoms with van der Waals surface area (Å²) in [4.78, 5) is 53.2. The molecule has 2 saturated carbocycles. The highest BCUT2D eigenvalue weighted by molar-refractivity contribution is 5.77. The Hall–Kier alpha value is -3.80. The number of rotatable bonds is 11. The van der Waals surface area contributed by atoms with Crippen LogP contribution in [0.5, 0.6) is 5.75 Å². The van der Waals surface area contributed by atoms with Gasteiger partial charge in [0.25, 0.3) is 0 Å².